The Bertz CT molecular complexity index is 652. The zero-order valence-corrected chi connectivity index (χ0v) is 12.4. The lowest BCUT2D eigenvalue weighted by molar-refractivity contribution is 0.0696. The third kappa shape index (κ3) is 4.61. The van der Waals surface area contributed by atoms with Gasteiger partial charge in [0.2, 0.25) is 0 Å². The molecule has 0 aliphatic heterocycles. The SMILES string of the molecule is Cc1ccc(CNC(=O)NCc2cccc(C(=O)O)c2)s1. The number of hydrogen-bond acceptors (Lipinski definition) is 3. The van der Waals surface area contributed by atoms with E-state index in [-0.39, 0.29) is 18.1 Å². The zero-order valence-electron chi connectivity index (χ0n) is 11.6. The first-order valence-electron chi connectivity index (χ1n) is 6.44. The van der Waals surface area contributed by atoms with Crippen LogP contribution in [0.5, 0.6) is 0 Å². The molecule has 2 aromatic rings. The summed E-state index contributed by atoms with van der Waals surface area (Å²) in [5, 5.41) is 14.4. The number of hydrogen-bond donors (Lipinski definition) is 3. The van der Waals surface area contributed by atoms with Gasteiger partial charge in [-0.05, 0) is 36.8 Å². The summed E-state index contributed by atoms with van der Waals surface area (Å²) < 4.78 is 0. The van der Waals surface area contributed by atoms with Crippen LogP contribution in [0, 0.1) is 6.92 Å². The molecule has 0 atom stereocenters. The normalized spacial score (nSPS) is 10.1. The van der Waals surface area contributed by atoms with Gasteiger partial charge < -0.3 is 15.7 Å². The van der Waals surface area contributed by atoms with Gasteiger partial charge in [-0.25, -0.2) is 9.59 Å². The highest BCUT2D eigenvalue weighted by Crippen LogP contribution is 2.14. The number of aryl methyl sites for hydroxylation is 1. The summed E-state index contributed by atoms with van der Waals surface area (Å²) >= 11 is 1.64. The quantitative estimate of drug-likeness (QED) is 0.794. The Morgan fingerprint density at radius 1 is 1.14 bits per heavy atom. The molecule has 0 radical (unpaired) electrons. The van der Waals surface area contributed by atoms with Gasteiger partial charge in [0.05, 0.1) is 12.1 Å². The van der Waals surface area contributed by atoms with Crippen LogP contribution in [0.1, 0.15) is 25.7 Å². The molecule has 2 amide bonds. The highest BCUT2D eigenvalue weighted by Gasteiger charge is 2.05. The monoisotopic (exact) mass is 304 g/mol. The minimum absolute atomic E-state index is 0.212. The van der Waals surface area contributed by atoms with Crippen LogP contribution in [-0.2, 0) is 13.1 Å². The van der Waals surface area contributed by atoms with Crippen LogP contribution in [0.2, 0.25) is 0 Å². The van der Waals surface area contributed by atoms with E-state index in [1.54, 1.807) is 29.5 Å². The molecule has 0 aliphatic rings. The maximum absolute atomic E-state index is 11.7. The Morgan fingerprint density at radius 2 is 1.90 bits per heavy atom. The first-order valence-corrected chi connectivity index (χ1v) is 7.25. The fraction of sp³-hybridized carbons (Fsp3) is 0.200. The predicted octanol–water partition coefficient (Wildman–Crippen LogP) is 2.75. The Balaban J connectivity index is 1.81. The molecule has 1 aromatic carbocycles. The maximum Gasteiger partial charge on any atom is 0.335 e. The number of carboxylic acids is 1. The van der Waals surface area contributed by atoms with Gasteiger partial charge in [-0.3, -0.25) is 0 Å². The van der Waals surface area contributed by atoms with Crippen LogP contribution in [0.25, 0.3) is 0 Å². The Morgan fingerprint density at radius 3 is 2.57 bits per heavy atom. The van der Waals surface area contributed by atoms with Gasteiger partial charge in [0.25, 0.3) is 0 Å². The van der Waals surface area contributed by atoms with Gasteiger partial charge in [-0.2, -0.15) is 0 Å². The van der Waals surface area contributed by atoms with Crippen molar-refractivity contribution in [3.63, 3.8) is 0 Å². The van der Waals surface area contributed by atoms with Gasteiger partial charge in [-0.1, -0.05) is 12.1 Å². The number of carbonyl (C=O) groups excluding carboxylic acids is 1. The molecule has 21 heavy (non-hydrogen) atoms. The smallest absolute Gasteiger partial charge is 0.335 e. The third-order valence-electron chi connectivity index (χ3n) is 2.85. The second-order valence-corrected chi connectivity index (χ2v) is 5.93. The molecule has 0 bridgehead atoms. The van der Waals surface area contributed by atoms with Gasteiger partial charge in [-0.15, -0.1) is 11.3 Å². The van der Waals surface area contributed by atoms with E-state index in [2.05, 4.69) is 10.6 Å². The number of urea groups is 1. The largest absolute Gasteiger partial charge is 0.478 e. The first kappa shape index (κ1) is 15.1. The summed E-state index contributed by atoms with van der Waals surface area (Å²) in [5.74, 6) is -0.977. The summed E-state index contributed by atoms with van der Waals surface area (Å²) in [6, 6.07) is 10.2. The fourth-order valence-corrected chi connectivity index (χ4v) is 2.64. The van der Waals surface area contributed by atoms with Gasteiger partial charge >= 0.3 is 12.0 Å². The van der Waals surface area contributed by atoms with Gasteiger partial charge in [0.1, 0.15) is 0 Å². The first-order chi connectivity index (χ1) is 10.0. The van der Waals surface area contributed by atoms with Crippen molar-refractivity contribution in [2.45, 2.75) is 20.0 Å². The zero-order chi connectivity index (χ0) is 15.2. The number of aromatic carboxylic acids is 1. The van der Waals surface area contributed by atoms with E-state index < -0.39 is 5.97 Å². The minimum Gasteiger partial charge on any atom is -0.478 e. The summed E-state index contributed by atoms with van der Waals surface area (Å²) in [5.41, 5.74) is 0.959. The molecule has 0 saturated heterocycles. The Kier molecular flexibility index (Phi) is 4.94. The molecule has 6 heteroatoms. The van der Waals surface area contributed by atoms with Crippen molar-refractivity contribution >= 4 is 23.3 Å². The number of carboxylic acid groups (broad SMARTS) is 1. The molecule has 2 rings (SSSR count). The van der Waals surface area contributed by atoms with Crippen LogP contribution < -0.4 is 10.6 Å². The standard InChI is InChI=1S/C15H16N2O3S/c1-10-5-6-13(21-10)9-17-15(20)16-8-11-3-2-4-12(7-11)14(18)19/h2-7H,8-9H2,1H3,(H,18,19)(H2,16,17,20). The fourth-order valence-electron chi connectivity index (χ4n) is 1.81. The van der Waals surface area contributed by atoms with Crippen molar-refractivity contribution in [1.82, 2.24) is 10.6 Å². The van der Waals surface area contributed by atoms with E-state index in [1.807, 2.05) is 19.1 Å². The maximum atomic E-state index is 11.7. The van der Waals surface area contributed by atoms with E-state index in [9.17, 15) is 9.59 Å². The minimum atomic E-state index is -0.977. The second kappa shape index (κ2) is 6.90. The molecular formula is C15H16N2O3S. The van der Waals surface area contributed by atoms with E-state index in [0.29, 0.717) is 6.54 Å². The topological polar surface area (TPSA) is 78.4 Å². The number of carbonyl (C=O) groups is 2. The molecule has 0 fully saturated rings. The Labute approximate surface area is 126 Å². The molecule has 1 heterocycles. The molecule has 0 aliphatic carbocycles. The van der Waals surface area contributed by atoms with E-state index >= 15 is 0 Å². The highest BCUT2D eigenvalue weighted by molar-refractivity contribution is 7.11. The highest BCUT2D eigenvalue weighted by atomic mass is 32.1. The number of thiophene rings is 1. The van der Waals surface area contributed by atoms with Crippen LogP contribution in [0.4, 0.5) is 4.79 Å². The van der Waals surface area contributed by atoms with Crippen molar-refractivity contribution < 1.29 is 14.7 Å². The lowest BCUT2D eigenvalue weighted by atomic mass is 10.1. The summed E-state index contributed by atoms with van der Waals surface area (Å²) in [4.78, 5) is 24.8. The molecule has 1 aromatic heterocycles. The number of nitrogens with one attached hydrogen (secondary N) is 2. The van der Waals surface area contributed by atoms with Crippen molar-refractivity contribution in [2.24, 2.45) is 0 Å². The van der Waals surface area contributed by atoms with E-state index in [4.69, 9.17) is 5.11 Å². The van der Waals surface area contributed by atoms with Gasteiger partial charge in [0, 0.05) is 16.3 Å². The molecule has 5 nitrogen and oxygen atoms in total. The van der Waals surface area contributed by atoms with Crippen LogP contribution in [0.3, 0.4) is 0 Å². The van der Waals surface area contributed by atoms with Crippen LogP contribution in [-0.4, -0.2) is 17.1 Å². The van der Waals surface area contributed by atoms with Crippen molar-refractivity contribution in [1.29, 1.82) is 0 Å². The lowest BCUT2D eigenvalue weighted by Gasteiger charge is -2.07. The Hall–Kier alpha value is -2.34. The van der Waals surface area contributed by atoms with Gasteiger partial charge in [0.15, 0.2) is 0 Å². The summed E-state index contributed by atoms with van der Waals surface area (Å²) in [6.45, 7) is 2.79. The van der Waals surface area contributed by atoms with Crippen molar-refractivity contribution in [2.75, 3.05) is 0 Å². The molecule has 0 unspecified atom stereocenters. The van der Waals surface area contributed by atoms with Crippen molar-refractivity contribution in [3.05, 3.63) is 57.3 Å². The molecular weight excluding hydrogens is 288 g/mol. The molecule has 0 spiro atoms. The second-order valence-electron chi connectivity index (χ2n) is 4.55. The van der Waals surface area contributed by atoms with Crippen LogP contribution >= 0.6 is 11.3 Å². The predicted molar refractivity (Wildman–Crippen MR) is 81.5 cm³/mol. The number of amides is 2. The summed E-state index contributed by atoms with van der Waals surface area (Å²) in [7, 11) is 0. The molecule has 3 N–H and O–H groups in total. The van der Waals surface area contributed by atoms with E-state index in [1.165, 1.54) is 10.9 Å². The average molecular weight is 304 g/mol. The lowest BCUT2D eigenvalue weighted by Crippen LogP contribution is -2.34. The van der Waals surface area contributed by atoms with E-state index in [0.717, 1.165) is 10.4 Å². The number of rotatable bonds is 5. The summed E-state index contributed by atoms with van der Waals surface area (Å²) in [6.07, 6.45) is 0. The molecule has 0 saturated carbocycles. The molecule has 110 valence electrons. The number of benzene rings is 1. The van der Waals surface area contributed by atoms with Crippen LogP contribution in [0.15, 0.2) is 36.4 Å². The van der Waals surface area contributed by atoms with Crippen molar-refractivity contribution in [3.8, 4) is 0 Å². The average Bonchev–Trinajstić information content (AvgIpc) is 2.89. The third-order valence-corrected chi connectivity index (χ3v) is 3.85.